The molecular formula is C20H34O2. The molecular weight excluding hydrogens is 272 g/mol. The van der Waals surface area contributed by atoms with Crippen LogP contribution in [0.4, 0.5) is 0 Å². The van der Waals surface area contributed by atoms with E-state index in [-0.39, 0.29) is 17.3 Å². The minimum atomic E-state index is -0.389. The van der Waals surface area contributed by atoms with Crippen LogP contribution in [0.2, 0.25) is 0 Å². The highest BCUT2D eigenvalue weighted by Gasteiger charge is 2.50. The van der Waals surface area contributed by atoms with Crippen LogP contribution in [0.5, 0.6) is 0 Å². The zero-order valence-corrected chi connectivity index (χ0v) is 15.1. The molecule has 0 spiro atoms. The maximum absolute atomic E-state index is 10.7. The van der Waals surface area contributed by atoms with Crippen LogP contribution >= 0.6 is 0 Å². The lowest BCUT2D eigenvalue weighted by Crippen LogP contribution is -2.44. The first-order chi connectivity index (χ1) is 10.3. The number of aliphatic hydroxyl groups excluding tert-OH is 1. The number of hydrogen-bond donors (Lipinski definition) is 1. The molecule has 2 nitrogen and oxygen atoms in total. The molecule has 2 aliphatic heterocycles. The molecule has 0 amide bonds. The van der Waals surface area contributed by atoms with E-state index in [0.717, 1.165) is 44.9 Å². The summed E-state index contributed by atoms with van der Waals surface area (Å²) in [5.74, 6) is 0.468. The fourth-order valence-electron chi connectivity index (χ4n) is 3.81. The highest BCUT2D eigenvalue weighted by Crippen LogP contribution is 2.47. The van der Waals surface area contributed by atoms with E-state index in [1.807, 2.05) is 0 Å². The summed E-state index contributed by atoms with van der Waals surface area (Å²) in [4.78, 5) is 0. The Morgan fingerprint density at radius 2 is 1.82 bits per heavy atom. The van der Waals surface area contributed by atoms with E-state index >= 15 is 0 Å². The van der Waals surface area contributed by atoms with Gasteiger partial charge in [0.15, 0.2) is 0 Å². The number of aliphatic hydroxyl groups is 1. The predicted octanol–water partition coefficient (Wildman–Crippen LogP) is 5.17. The maximum atomic E-state index is 10.7. The number of ether oxygens (including phenoxy) is 1. The van der Waals surface area contributed by atoms with Gasteiger partial charge in [-0.05, 0) is 71.6 Å². The van der Waals surface area contributed by atoms with Crippen LogP contribution in [0.15, 0.2) is 23.3 Å². The van der Waals surface area contributed by atoms with E-state index in [9.17, 15) is 5.11 Å². The second-order valence-corrected chi connectivity index (χ2v) is 8.03. The van der Waals surface area contributed by atoms with Gasteiger partial charge in [0.1, 0.15) is 0 Å². The lowest BCUT2D eigenvalue weighted by atomic mass is 9.82. The van der Waals surface area contributed by atoms with E-state index in [4.69, 9.17) is 4.74 Å². The van der Waals surface area contributed by atoms with Crippen LogP contribution in [0.3, 0.4) is 0 Å². The molecule has 0 unspecified atom stereocenters. The average Bonchev–Trinajstić information content (AvgIpc) is 2.82. The van der Waals surface area contributed by atoms with Crippen LogP contribution in [-0.2, 0) is 4.74 Å². The second kappa shape index (κ2) is 6.88. The first kappa shape index (κ1) is 17.7. The Morgan fingerprint density at radius 1 is 1.14 bits per heavy atom. The fourth-order valence-corrected chi connectivity index (χ4v) is 3.81. The van der Waals surface area contributed by atoms with Crippen molar-refractivity contribution in [1.29, 1.82) is 0 Å². The first-order valence-corrected chi connectivity index (χ1v) is 8.97. The molecule has 0 aliphatic carbocycles. The molecule has 0 aromatic heterocycles. The van der Waals surface area contributed by atoms with E-state index in [1.165, 1.54) is 11.1 Å². The van der Waals surface area contributed by atoms with Gasteiger partial charge in [-0.25, -0.2) is 0 Å². The molecule has 0 saturated carbocycles. The molecule has 22 heavy (non-hydrogen) atoms. The van der Waals surface area contributed by atoms with Crippen molar-refractivity contribution in [1.82, 2.24) is 0 Å². The third-order valence-electron chi connectivity index (χ3n) is 5.88. The Kier molecular flexibility index (Phi) is 5.55. The monoisotopic (exact) mass is 306 g/mol. The van der Waals surface area contributed by atoms with Crippen LogP contribution in [0.25, 0.3) is 0 Å². The Bertz CT molecular complexity index is 449. The predicted molar refractivity (Wildman–Crippen MR) is 92.9 cm³/mol. The normalized spacial score (nSPS) is 40.2. The topological polar surface area (TPSA) is 29.5 Å². The van der Waals surface area contributed by atoms with Crippen molar-refractivity contribution >= 4 is 0 Å². The molecule has 2 rings (SSSR count). The summed E-state index contributed by atoms with van der Waals surface area (Å²) in [6.07, 6.45) is 11.3. The molecule has 1 N–H and O–H groups in total. The summed E-state index contributed by atoms with van der Waals surface area (Å²) < 4.78 is 6.59. The second-order valence-electron chi connectivity index (χ2n) is 8.03. The molecule has 2 aliphatic rings. The van der Waals surface area contributed by atoms with Gasteiger partial charge in [-0.2, -0.15) is 0 Å². The molecule has 2 heterocycles. The van der Waals surface area contributed by atoms with Gasteiger partial charge in [0.25, 0.3) is 0 Å². The molecule has 1 fully saturated rings. The van der Waals surface area contributed by atoms with Crippen molar-refractivity contribution in [2.45, 2.75) is 96.9 Å². The Balaban J connectivity index is 2.27. The SMILES string of the molecule is CC1=CC[C@]2(C(C)C)CC[C@@](C)(O2)[C@H](O)CC/C(C)=C\CC1. The van der Waals surface area contributed by atoms with Gasteiger partial charge in [0.2, 0.25) is 0 Å². The van der Waals surface area contributed by atoms with Gasteiger partial charge in [-0.1, -0.05) is 37.1 Å². The zero-order chi connectivity index (χ0) is 16.4. The van der Waals surface area contributed by atoms with Gasteiger partial charge in [-0.15, -0.1) is 0 Å². The van der Waals surface area contributed by atoms with Crippen LogP contribution in [0.1, 0.15) is 79.6 Å². The molecule has 2 bridgehead atoms. The van der Waals surface area contributed by atoms with E-state index < -0.39 is 0 Å². The highest BCUT2D eigenvalue weighted by atomic mass is 16.5. The number of allylic oxidation sites excluding steroid dienone is 3. The van der Waals surface area contributed by atoms with Gasteiger partial charge < -0.3 is 9.84 Å². The maximum Gasteiger partial charge on any atom is 0.0921 e. The average molecular weight is 306 g/mol. The van der Waals surface area contributed by atoms with Gasteiger partial charge in [-0.3, -0.25) is 0 Å². The summed E-state index contributed by atoms with van der Waals surface area (Å²) in [6, 6.07) is 0. The van der Waals surface area contributed by atoms with Crippen LogP contribution in [-0.4, -0.2) is 22.4 Å². The van der Waals surface area contributed by atoms with Crippen molar-refractivity contribution in [3.05, 3.63) is 23.3 Å². The third-order valence-corrected chi connectivity index (χ3v) is 5.88. The third kappa shape index (κ3) is 3.83. The molecule has 126 valence electrons. The standard InChI is InChI=1S/C20H34O2/c1-15(2)20-12-11-17(4)8-6-7-16(3)9-10-18(21)19(5,22-20)13-14-20/h7,11,15,18,21H,6,8-10,12-14H2,1-5H3/b16-7-,17-11?/t18-,19-,20-/m1/s1. The van der Waals surface area contributed by atoms with Gasteiger partial charge in [0.05, 0.1) is 17.3 Å². The lowest BCUT2D eigenvalue weighted by Gasteiger charge is -2.38. The Labute approximate surface area is 136 Å². The molecule has 3 atom stereocenters. The zero-order valence-electron chi connectivity index (χ0n) is 15.1. The summed E-state index contributed by atoms with van der Waals surface area (Å²) in [5, 5.41) is 10.7. The Hall–Kier alpha value is -0.600. The van der Waals surface area contributed by atoms with E-state index in [2.05, 4.69) is 46.8 Å². The minimum absolute atomic E-state index is 0.104. The number of hydrogen-bond acceptors (Lipinski definition) is 2. The van der Waals surface area contributed by atoms with Crippen molar-refractivity contribution < 1.29 is 9.84 Å². The molecule has 0 aromatic rings. The summed E-state index contributed by atoms with van der Waals surface area (Å²) >= 11 is 0. The van der Waals surface area contributed by atoms with Crippen LogP contribution in [0, 0.1) is 5.92 Å². The quantitative estimate of drug-likeness (QED) is 0.677. The lowest BCUT2D eigenvalue weighted by molar-refractivity contribution is -0.162. The summed E-state index contributed by atoms with van der Waals surface area (Å²) in [7, 11) is 0. The van der Waals surface area contributed by atoms with Gasteiger partial charge in [0, 0.05) is 0 Å². The molecule has 0 aromatic carbocycles. The smallest absolute Gasteiger partial charge is 0.0921 e. The minimum Gasteiger partial charge on any atom is -0.390 e. The first-order valence-electron chi connectivity index (χ1n) is 8.97. The highest BCUT2D eigenvalue weighted by molar-refractivity contribution is 5.10. The summed E-state index contributed by atoms with van der Waals surface area (Å²) in [6.45, 7) is 11.0. The number of fused-ring (bicyclic) bond motifs is 2. The van der Waals surface area contributed by atoms with E-state index in [0.29, 0.717) is 5.92 Å². The Morgan fingerprint density at radius 3 is 2.50 bits per heavy atom. The van der Waals surface area contributed by atoms with E-state index in [1.54, 1.807) is 0 Å². The molecule has 0 radical (unpaired) electrons. The largest absolute Gasteiger partial charge is 0.390 e. The molecule has 1 saturated heterocycles. The molecule has 2 heteroatoms. The fraction of sp³-hybridized carbons (Fsp3) is 0.800. The number of rotatable bonds is 1. The summed E-state index contributed by atoms with van der Waals surface area (Å²) in [5.41, 5.74) is 2.36. The van der Waals surface area contributed by atoms with Gasteiger partial charge >= 0.3 is 0 Å². The van der Waals surface area contributed by atoms with Crippen molar-refractivity contribution in [3.8, 4) is 0 Å². The van der Waals surface area contributed by atoms with Crippen molar-refractivity contribution in [2.75, 3.05) is 0 Å². The van der Waals surface area contributed by atoms with Crippen LogP contribution < -0.4 is 0 Å². The van der Waals surface area contributed by atoms with Crippen molar-refractivity contribution in [3.63, 3.8) is 0 Å². The van der Waals surface area contributed by atoms with Crippen molar-refractivity contribution in [2.24, 2.45) is 5.92 Å².